The predicted molar refractivity (Wildman–Crippen MR) is 121 cm³/mol. The van der Waals surface area contributed by atoms with Gasteiger partial charge in [0.25, 0.3) is 0 Å². The summed E-state index contributed by atoms with van der Waals surface area (Å²) in [4.78, 5) is 13.1. The number of hydrogen-bond donors (Lipinski definition) is 2. The largest absolute Gasteiger partial charge is 0.327 e. The standard InChI is InChI=1S/C27H22F2N2O/c28-23-15-11-21(12-16-23)25(19-7-3-1-4-8-19)30-27(32)31-26(20-9-5-2-6-10-20)22-13-17-24(29)18-14-22/h1-18,25-26H,(H2,30,31,32). The van der Waals surface area contributed by atoms with Gasteiger partial charge in [-0.1, -0.05) is 84.9 Å². The molecule has 0 spiro atoms. The van der Waals surface area contributed by atoms with E-state index in [1.165, 1.54) is 24.3 Å². The number of amides is 2. The highest BCUT2D eigenvalue weighted by molar-refractivity contribution is 5.76. The number of halogens is 2. The maximum Gasteiger partial charge on any atom is 0.316 e. The molecule has 2 unspecified atom stereocenters. The van der Waals surface area contributed by atoms with Gasteiger partial charge in [0, 0.05) is 0 Å². The van der Waals surface area contributed by atoms with Gasteiger partial charge in [-0.05, 0) is 46.5 Å². The van der Waals surface area contributed by atoms with E-state index in [9.17, 15) is 13.6 Å². The smallest absolute Gasteiger partial charge is 0.316 e. The van der Waals surface area contributed by atoms with Crippen LogP contribution in [0.25, 0.3) is 0 Å². The quantitative estimate of drug-likeness (QED) is 0.380. The van der Waals surface area contributed by atoms with E-state index < -0.39 is 18.1 Å². The van der Waals surface area contributed by atoms with Crippen LogP contribution in [-0.2, 0) is 0 Å². The average molecular weight is 428 g/mol. The fourth-order valence-electron chi connectivity index (χ4n) is 3.62. The molecule has 0 saturated heterocycles. The molecular weight excluding hydrogens is 406 g/mol. The lowest BCUT2D eigenvalue weighted by Gasteiger charge is -2.24. The molecule has 0 bridgehead atoms. The van der Waals surface area contributed by atoms with Gasteiger partial charge >= 0.3 is 6.03 Å². The summed E-state index contributed by atoms with van der Waals surface area (Å²) < 4.78 is 26.9. The Kier molecular flexibility index (Phi) is 6.56. The zero-order valence-electron chi connectivity index (χ0n) is 17.2. The van der Waals surface area contributed by atoms with E-state index in [2.05, 4.69) is 10.6 Å². The lowest BCUT2D eigenvalue weighted by atomic mass is 9.98. The minimum atomic E-state index is -0.471. The third-order valence-corrected chi connectivity index (χ3v) is 5.22. The molecule has 0 saturated carbocycles. The Bertz CT molecular complexity index is 1050. The van der Waals surface area contributed by atoms with Crippen molar-refractivity contribution in [1.82, 2.24) is 10.6 Å². The van der Waals surface area contributed by atoms with E-state index in [1.54, 1.807) is 24.3 Å². The maximum atomic E-state index is 13.5. The van der Waals surface area contributed by atoms with E-state index in [4.69, 9.17) is 0 Å². The molecule has 2 N–H and O–H groups in total. The zero-order chi connectivity index (χ0) is 22.3. The lowest BCUT2D eigenvalue weighted by Crippen LogP contribution is -2.40. The van der Waals surface area contributed by atoms with E-state index in [1.807, 2.05) is 60.7 Å². The first-order chi connectivity index (χ1) is 15.6. The minimum Gasteiger partial charge on any atom is -0.327 e. The summed E-state index contributed by atoms with van der Waals surface area (Å²) in [5, 5.41) is 6.01. The number of rotatable bonds is 6. The van der Waals surface area contributed by atoms with Crippen LogP contribution in [0.5, 0.6) is 0 Å². The number of carbonyl (C=O) groups is 1. The average Bonchev–Trinajstić information content (AvgIpc) is 2.83. The SMILES string of the molecule is O=C(NC(c1ccccc1)c1ccc(F)cc1)NC(c1ccccc1)c1ccc(F)cc1. The van der Waals surface area contributed by atoms with Crippen LogP contribution in [0.4, 0.5) is 13.6 Å². The van der Waals surface area contributed by atoms with Crippen LogP contribution in [0.15, 0.2) is 109 Å². The normalized spacial score (nSPS) is 12.6. The number of carbonyl (C=O) groups excluding carboxylic acids is 1. The zero-order valence-corrected chi connectivity index (χ0v) is 17.2. The Balaban J connectivity index is 1.61. The summed E-state index contributed by atoms with van der Waals surface area (Å²) in [6.45, 7) is 0. The van der Waals surface area contributed by atoms with Crippen molar-refractivity contribution in [3.8, 4) is 0 Å². The first-order valence-electron chi connectivity index (χ1n) is 10.3. The Morgan fingerprint density at radius 2 is 0.812 bits per heavy atom. The van der Waals surface area contributed by atoms with Gasteiger partial charge in [-0.15, -0.1) is 0 Å². The van der Waals surface area contributed by atoms with Crippen LogP contribution < -0.4 is 10.6 Å². The van der Waals surface area contributed by atoms with Gasteiger partial charge < -0.3 is 10.6 Å². The molecule has 32 heavy (non-hydrogen) atoms. The maximum absolute atomic E-state index is 13.5. The van der Waals surface area contributed by atoms with Crippen molar-refractivity contribution in [3.63, 3.8) is 0 Å². The highest BCUT2D eigenvalue weighted by atomic mass is 19.1. The molecule has 4 rings (SSSR count). The second kappa shape index (κ2) is 9.88. The summed E-state index contributed by atoms with van der Waals surface area (Å²) in [5.74, 6) is -0.684. The molecule has 2 amide bonds. The summed E-state index contributed by atoms with van der Waals surface area (Å²) in [7, 11) is 0. The van der Waals surface area contributed by atoms with E-state index >= 15 is 0 Å². The monoisotopic (exact) mass is 428 g/mol. The molecule has 5 heteroatoms. The molecular formula is C27H22F2N2O. The first-order valence-corrected chi connectivity index (χ1v) is 10.3. The van der Waals surface area contributed by atoms with Crippen molar-refractivity contribution in [2.45, 2.75) is 12.1 Å². The van der Waals surface area contributed by atoms with Gasteiger partial charge in [0.05, 0.1) is 12.1 Å². The highest BCUT2D eigenvalue weighted by Gasteiger charge is 2.21. The second-order valence-electron chi connectivity index (χ2n) is 7.41. The van der Waals surface area contributed by atoms with E-state index in [-0.39, 0.29) is 11.6 Å². The van der Waals surface area contributed by atoms with Crippen LogP contribution in [0, 0.1) is 11.6 Å². The summed E-state index contributed by atoms with van der Waals surface area (Å²) in [6.07, 6.45) is 0. The van der Waals surface area contributed by atoms with Gasteiger partial charge in [0.15, 0.2) is 0 Å². The number of nitrogens with one attached hydrogen (secondary N) is 2. The van der Waals surface area contributed by atoms with Crippen molar-refractivity contribution in [1.29, 1.82) is 0 Å². The Morgan fingerprint density at radius 3 is 1.16 bits per heavy atom. The Morgan fingerprint density at radius 1 is 0.500 bits per heavy atom. The Hall–Kier alpha value is -3.99. The molecule has 0 aliphatic rings. The first kappa shape index (κ1) is 21.2. The molecule has 2 atom stereocenters. The number of benzene rings is 4. The van der Waals surface area contributed by atoms with E-state index in [0.29, 0.717) is 0 Å². The van der Waals surface area contributed by atoms with Crippen LogP contribution >= 0.6 is 0 Å². The minimum absolute atomic E-state index is 0.342. The van der Waals surface area contributed by atoms with Crippen LogP contribution in [0.3, 0.4) is 0 Å². The fourth-order valence-corrected chi connectivity index (χ4v) is 3.62. The molecule has 0 fully saturated rings. The van der Waals surface area contributed by atoms with Gasteiger partial charge in [0.2, 0.25) is 0 Å². The van der Waals surface area contributed by atoms with Gasteiger partial charge in [-0.2, -0.15) is 0 Å². The summed E-state index contributed by atoms with van der Waals surface area (Å²) in [5.41, 5.74) is 3.25. The molecule has 4 aromatic rings. The molecule has 0 radical (unpaired) electrons. The predicted octanol–water partition coefficient (Wildman–Crippen LogP) is 6.14. The molecule has 0 aliphatic carbocycles. The topological polar surface area (TPSA) is 41.1 Å². The van der Waals surface area contributed by atoms with Crippen molar-refractivity contribution in [2.75, 3.05) is 0 Å². The van der Waals surface area contributed by atoms with E-state index in [0.717, 1.165) is 22.3 Å². The summed E-state index contributed by atoms with van der Waals surface area (Å²) in [6, 6.07) is 29.7. The lowest BCUT2D eigenvalue weighted by molar-refractivity contribution is 0.236. The van der Waals surface area contributed by atoms with Crippen LogP contribution in [0.1, 0.15) is 34.3 Å². The Labute approximate surface area is 185 Å². The molecule has 0 heterocycles. The second-order valence-corrected chi connectivity index (χ2v) is 7.41. The van der Waals surface area contributed by atoms with Crippen molar-refractivity contribution < 1.29 is 13.6 Å². The number of urea groups is 1. The fraction of sp³-hybridized carbons (Fsp3) is 0.0741. The highest BCUT2D eigenvalue weighted by Crippen LogP contribution is 2.25. The van der Waals surface area contributed by atoms with Crippen molar-refractivity contribution >= 4 is 6.03 Å². The summed E-state index contributed by atoms with van der Waals surface area (Å²) >= 11 is 0. The van der Waals surface area contributed by atoms with Gasteiger partial charge in [-0.3, -0.25) is 0 Å². The number of hydrogen-bond acceptors (Lipinski definition) is 1. The molecule has 3 nitrogen and oxygen atoms in total. The third kappa shape index (κ3) is 5.19. The molecule has 0 aromatic heterocycles. The molecule has 160 valence electrons. The van der Waals surface area contributed by atoms with Gasteiger partial charge in [-0.25, -0.2) is 13.6 Å². The van der Waals surface area contributed by atoms with Gasteiger partial charge in [0.1, 0.15) is 11.6 Å². The van der Waals surface area contributed by atoms with Crippen LogP contribution in [0.2, 0.25) is 0 Å². The molecule has 0 aliphatic heterocycles. The molecule has 4 aromatic carbocycles. The van der Waals surface area contributed by atoms with Crippen molar-refractivity contribution in [2.24, 2.45) is 0 Å². The third-order valence-electron chi connectivity index (χ3n) is 5.22. The van der Waals surface area contributed by atoms with Crippen molar-refractivity contribution in [3.05, 3.63) is 143 Å². The van der Waals surface area contributed by atoms with Crippen LogP contribution in [-0.4, -0.2) is 6.03 Å².